The summed E-state index contributed by atoms with van der Waals surface area (Å²) in [5, 5.41) is 3.08. The maximum atomic E-state index is 5.36. The highest BCUT2D eigenvalue weighted by atomic mass is 15.1. The molecule has 0 amide bonds. The first-order valence-corrected chi connectivity index (χ1v) is 3.47. The van der Waals surface area contributed by atoms with Crippen molar-refractivity contribution in [2.75, 3.05) is 5.73 Å². The van der Waals surface area contributed by atoms with Gasteiger partial charge in [0.1, 0.15) is 5.84 Å². The Morgan fingerprint density at radius 2 is 1.67 bits per heavy atom. The summed E-state index contributed by atoms with van der Waals surface area (Å²) in [6.45, 7) is 1.62. The predicted octanol–water partition coefficient (Wildman–Crippen LogP) is 0.506. The van der Waals surface area contributed by atoms with Crippen molar-refractivity contribution in [1.82, 2.24) is 0 Å². The largest absolute Gasteiger partial charge is 0.399 e. The third-order valence-electron chi connectivity index (χ3n) is 1.00. The zero-order valence-corrected chi connectivity index (χ0v) is 7.07. The monoisotopic (exact) mass is 166 g/mol. The first-order valence-electron chi connectivity index (χ1n) is 3.47. The molecule has 0 spiro atoms. The molecule has 0 saturated carbocycles. The highest BCUT2D eigenvalue weighted by molar-refractivity contribution is 5.76. The van der Waals surface area contributed by atoms with Crippen molar-refractivity contribution in [2.24, 2.45) is 16.7 Å². The molecule has 0 unspecified atom stereocenters. The molecule has 6 N–H and O–H groups in total. The Hall–Kier alpha value is -1.71. The molecule has 0 bridgehead atoms. The van der Waals surface area contributed by atoms with Crippen molar-refractivity contribution >= 4 is 11.5 Å². The van der Waals surface area contributed by atoms with Gasteiger partial charge >= 0.3 is 0 Å². The van der Waals surface area contributed by atoms with Gasteiger partial charge in [-0.3, -0.25) is 0 Å². The third kappa shape index (κ3) is 6.41. The molecule has 1 aromatic rings. The summed E-state index contributed by atoms with van der Waals surface area (Å²) < 4.78 is 0. The number of nitrogens with two attached hydrogens (primary N) is 3. The lowest BCUT2D eigenvalue weighted by atomic mass is 10.3. The molecule has 0 aliphatic heterocycles. The van der Waals surface area contributed by atoms with Crippen LogP contribution in [0.3, 0.4) is 0 Å². The molecular formula is C8H14N4. The quantitative estimate of drug-likeness (QED) is 0.172. The van der Waals surface area contributed by atoms with Crippen LogP contribution >= 0.6 is 0 Å². The van der Waals surface area contributed by atoms with E-state index < -0.39 is 0 Å². The molecule has 0 heterocycles. The van der Waals surface area contributed by atoms with Gasteiger partial charge in [-0.2, -0.15) is 5.10 Å². The molecule has 0 radical (unpaired) electrons. The van der Waals surface area contributed by atoms with E-state index in [4.69, 9.17) is 11.5 Å². The average Bonchev–Trinajstić information content (AvgIpc) is 2.07. The Labute approximate surface area is 72.1 Å². The van der Waals surface area contributed by atoms with E-state index in [1.165, 1.54) is 0 Å². The summed E-state index contributed by atoms with van der Waals surface area (Å²) in [7, 11) is 0. The number of anilines is 1. The number of hydrogen-bond donors (Lipinski definition) is 3. The lowest BCUT2D eigenvalue weighted by Gasteiger charge is -1.83. The van der Waals surface area contributed by atoms with Gasteiger partial charge in [-0.05, 0) is 19.1 Å². The predicted molar refractivity (Wildman–Crippen MR) is 52.3 cm³/mol. The van der Waals surface area contributed by atoms with Gasteiger partial charge in [0.2, 0.25) is 0 Å². The molecule has 0 aromatic heterocycles. The van der Waals surface area contributed by atoms with E-state index in [1.54, 1.807) is 6.92 Å². The number of para-hydroxylation sites is 1. The van der Waals surface area contributed by atoms with Crippen LogP contribution in [0, 0.1) is 0 Å². The Morgan fingerprint density at radius 1 is 1.25 bits per heavy atom. The molecule has 0 atom stereocenters. The van der Waals surface area contributed by atoms with Crippen LogP contribution in [0.25, 0.3) is 0 Å². The second-order valence-corrected chi connectivity index (χ2v) is 2.18. The summed E-state index contributed by atoms with van der Waals surface area (Å²) in [6.07, 6.45) is 0. The van der Waals surface area contributed by atoms with E-state index in [0.29, 0.717) is 5.84 Å². The van der Waals surface area contributed by atoms with Gasteiger partial charge in [-0.25, -0.2) is 0 Å². The fourth-order valence-electron chi connectivity index (χ4n) is 0.453. The number of amidine groups is 1. The Morgan fingerprint density at radius 3 is 1.83 bits per heavy atom. The first kappa shape index (κ1) is 10.3. The lowest BCUT2D eigenvalue weighted by molar-refractivity contribution is 1.22. The van der Waals surface area contributed by atoms with Gasteiger partial charge in [0.15, 0.2) is 0 Å². The lowest BCUT2D eigenvalue weighted by Crippen LogP contribution is -2.07. The zero-order chi connectivity index (χ0) is 9.40. The van der Waals surface area contributed by atoms with Crippen LogP contribution < -0.4 is 17.3 Å². The standard InChI is InChI=1S/C6H7N.C2H7N3/c7-6-4-2-1-3-5-6;1-2(3)5-4/h1-5H,7H2;4H2,1H3,(H2,3,5). The van der Waals surface area contributed by atoms with Crippen LogP contribution in [-0.2, 0) is 0 Å². The van der Waals surface area contributed by atoms with Crippen LogP contribution in [0.15, 0.2) is 35.4 Å². The topological polar surface area (TPSA) is 90.4 Å². The average molecular weight is 166 g/mol. The minimum absolute atomic E-state index is 0.407. The molecule has 66 valence electrons. The molecule has 1 aromatic carbocycles. The van der Waals surface area contributed by atoms with Crippen LogP contribution in [0.2, 0.25) is 0 Å². The summed E-state index contributed by atoms with van der Waals surface area (Å²) >= 11 is 0. The van der Waals surface area contributed by atoms with E-state index in [1.807, 2.05) is 30.3 Å². The van der Waals surface area contributed by atoms with Crippen molar-refractivity contribution in [3.63, 3.8) is 0 Å². The zero-order valence-electron chi connectivity index (χ0n) is 7.07. The van der Waals surface area contributed by atoms with Crippen LogP contribution in [0.1, 0.15) is 6.92 Å². The summed E-state index contributed by atoms with van der Waals surface area (Å²) in [5.74, 6) is 5.04. The smallest absolute Gasteiger partial charge is 0.116 e. The Bertz CT molecular complexity index is 226. The van der Waals surface area contributed by atoms with Gasteiger partial charge in [0.05, 0.1) is 0 Å². The van der Waals surface area contributed by atoms with Gasteiger partial charge in [0.25, 0.3) is 0 Å². The number of nitrogens with zero attached hydrogens (tertiary/aromatic N) is 1. The molecule has 4 heteroatoms. The molecule has 1 rings (SSSR count). The van der Waals surface area contributed by atoms with Crippen molar-refractivity contribution < 1.29 is 0 Å². The number of hydrazone groups is 1. The summed E-state index contributed by atoms with van der Waals surface area (Å²) in [4.78, 5) is 0. The fraction of sp³-hybridized carbons (Fsp3) is 0.125. The molecule has 4 nitrogen and oxygen atoms in total. The maximum absolute atomic E-state index is 5.36. The second-order valence-electron chi connectivity index (χ2n) is 2.18. The van der Waals surface area contributed by atoms with E-state index in [-0.39, 0.29) is 0 Å². The number of rotatable bonds is 0. The van der Waals surface area contributed by atoms with Crippen molar-refractivity contribution in [3.8, 4) is 0 Å². The van der Waals surface area contributed by atoms with E-state index in [0.717, 1.165) is 5.69 Å². The molecular weight excluding hydrogens is 152 g/mol. The van der Waals surface area contributed by atoms with Gasteiger partial charge < -0.3 is 17.3 Å². The molecule has 12 heavy (non-hydrogen) atoms. The number of hydrogen-bond acceptors (Lipinski definition) is 3. The van der Waals surface area contributed by atoms with Crippen molar-refractivity contribution in [3.05, 3.63) is 30.3 Å². The number of benzene rings is 1. The number of nitrogen functional groups attached to an aromatic ring is 1. The van der Waals surface area contributed by atoms with Crippen LogP contribution in [0.5, 0.6) is 0 Å². The van der Waals surface area contributed by atoms with E-state index in [2.05, 4.69) is 10.9 Å². The second kappa shape index (κ2) is 6.03. The van der Waals surface area contributed by atoms with Crippen molar-refractivity contribution in [2.45, 2.75) is 6.92 Å². The van der Waals surface area contributed by atoms with Crippen LogP contribution in [0.4, 0.5) is 5.69 Å². The third-order valence-corrected chi connectivity index (χ3v) is 1.00. The Kier molecular flexibility index (Phi) is 5.17. The molecule has 0 aliphatic rings. The first-order chi connectivity index (χ1) is 5.66. The minimum atomic E-state index is 0.407. The molecule has 0 fully saturated rings. The highest BCUT2D eigenvalue weighted by Crippen LogP contribution is 1.95. The highest BCUT2D eigenvalue weighted by Gasteiger charge is 1.72. The SMILES string of the molecule is C/C(N)=N/N.Nc1ccccc1. The van der Waals surface area contributed by atoms with Gasteiger partial charge in [0, 0.05) is 5.69 Å². The maximum Gasteiger partial charge on any atom is 0.116 e. The van der Waals surface area contributed by atoms with E-state index in [9.17, 15) is 0 Å². The van der Waals surface area contributed by atoms with E-state index >= 15 is 0 Å². The summed E-state index contributed by atoms with van der Waals surface area (Å²) in [6, 6.07) is 9.49. The fourth-order valence-corrected chi connectivity index (χ4v) is 0.453. The molecule has 0 saturated heterocycles. The van der Waals surface area contributed by atoms with Crippen molar-refractivity contribution in [1.29, 1.82) is 0 Å². The minimum Gasteiger partial charge on any atom is -0.399 e. The van der Waals surface area contributed by atoms with Gasteiger partial charge in [-0.1, -0.05) is 18.2 Å². The Balaban J connectivity index is 0.000000217. The summed E-state index contributed by atoms with van der Waals surface area (Å²) in [5.41, 5.74) is 11.1. The van der Waals surface area contributed by atoms with Gasteiger partial charge in [-0.15, -0.1) is 0 Å². The normalized spacial score (nSPS) is 9.92. The molecule has 0 aliphatic carbocycles. The van der Waals surface area contributed by atoms with Crippen LogP contribution in [-0.4, -0.2) is 5.84 Å².